The van der Waals surface area contributed by atoms with Gasteiger partial charge >= 0.3 is 5.97 Å². The molecule has 0 saturated heterocycles. The molecule has 7 nitrogen and oxygen atoms in total. The Morgan fingerprint density at radius 3 is 2.52 bits per heavy atom. The largest absolute Gasteiger partial charge is 0.494 e. The van der Waals surface area contributed by atoms with E-state index in [2.05, 4.69) is 5.10 Å². The molecule has 0 saturated carbocycles. The van der Waals surface area contributed by atoms with Crippen LogP contribution in [-0.2, 0) is 11.8 Å². The maximum absolute atomic E-state index is 13.7. The van der Waals surface area contributed by atoms with E-state index in [1.807, 2.05) is 0 Å². The molecule has 0 spiro atoms. The third kappa shape index (κ3) is 3.55. The smallest absolute Gasteiger partial charge is 0.359 e. The number of aryl methyl sites for hydroxylation is 1. The van der Waals surface area contributed by atoms with Crippen molar-refractivity contribution in [3.05, 3.63) is 69.9 Å². The molecule has 0 atom stereocenters. The van der Waals surface area contributed by atoms with Crippen molar-refractivity contribution < 1.29 is 23.5 Å². The van der Waals surface area contributed by atoms with Crippen molar-refractivity contribution in [2.45, 2.75) is 0 Å². The predicted molar refractivity (Wildman–Crippen MR) is 94.5 cm³/mol. The van der Waals surface area contributed by atoms with Gasteiger partial charge in [-0.2, -0.15) is 5.10 Å². The number of carbonyl (C=O) groups is 2. The number of ether oxygens (including phenoxy) is 2. The van der Waals surface area contributed by atoms with Gasteiger partial charge in [-0.15, -0.1) is 0 Å². The molecule has 2 aromatic carbocycles. The van der Waals surface area contributed by atoms with Crippen molar-refractivity contribution >= 4 is 22.5 Å². The molecule has 138 valence electrons. The number of benzene rings is 2. The first-order valence-corrected chi connectivity index (χ1v) is 7.92. The van der Waals surface area contributed by atoms with Crippen LogP contribution in [0.5, 0.6) is 5.75 Å². The third-order valence-corrected chi connectivity index (χ3v) is 3.96. The van der Waals surface area contributed by atoms with Gasteiger partial charge in [0.15, 0.2) is 29.7 Å². The lowest BCUT2D eigenvalue weighted by Gasteiger charge is -2.08. The monoisotopic (exact) mass is 370 g/mol. The zero-order valence-electron chi connectivity index (χ0n) is 14.6. The van der Waals surface area contributed by atoms with Gasteiger partial charge in [0.2, 0.25) is 0 Å². The Morgan fingerprint density at radius 1 is 1.15 bits per heavy atom. The molecule has 3 rings (SSSR count). The van der Waals surface area contributed by atoms with E-state index >= 15 is 0 Å². The Morgan fingerprint density at radius 2 is 1.85 bits per heavy atom. The molecule has 1 aromatic heterocycles. The summed E-state index contributed by atoms with van der Waals surface area (Å²) in [6.45, 7) is -0.594. The lowest BCUT2D eigenvalue weighted by molar-refractivity contribution is 0.0468. The van der Waals surface area contributed by atoms with Gasteiger partial charge in [-0.25, -0.2) is 13.9 Å². The number of rotatable bonds is 5. The fraction of sp³-hybridized carbons (Fsp3) is 0.158. The molecule has 8 heteroatoms. The summed E-state index contributed by atoms with van der Waals surface area (Å²) in [5.41, 5.74) is -0.396. The van der Waals surface area contributed by atoms with Gasteiger partial charge in [0.25, 0.3) is 5.56 Å². The van der Waals surface area contributed by atoms with Gasteiger partial charge in [-0.1, -0.05) is 18.2 Å². The number of methoxy groups -OCH3 is 1. The lowest BCUT2D eigenvalue weighted by Crippen LogP contribution is -2.24. The molecule has 0 aliphatic rings. The first-order valence-electron chi connectivity index (χ1n) is 7.92. The van der Waals surface area contributed by atoms with Crippen LogP contribution in [0.1, 0.15) is 20.8 Å². The minimum atomic E-state index is -0.857. The zero-order chi connectivity index (χ0) is 19.6. The molecule has 0 unspecified atom stereocenters. The molecule has 0 bridgehead atoms. The minimum absolute atomic E-state index is 0.00409. The number of fused-ring (bicyclic) bond motifs is 1. The van der Waals surface area contributed by atoms with Crippen LogP contribution in [0.25, 0.3) is 10.8 Å². The van der Waals surface area contributed by atoms with Gasteiger partial charge in [0.1, 0.15) is 0 Å². The second kappa shape index (κ2) is 7.36. The number of ketones is 1. The lowest BCUT2D eigenvalue weighted by atomic mass is 10.1. The number of carbonyl (C=O) groups excluding carboxylic acids is 2. The molecule has 0 fully saturated rings. The van der Waals surface area contributed by atoms with E-state index in [4.69, 9.17) is 9.47 Å². The molecule has 1 heterocycles. The van der Waals surface area contributed by atoms with Crippen molar-refractivity contribution in [2.24, 2.45) is 7.05 Å². The zero-order valence-corrected chi connectivity index (χ0v) is 14.6. The van der Waals surface area contributed by atoms with E-state index in [1.54, 1.807) is 24.3 Å². The quantitative estimate of drug-likeness (QED) is 0.505. The SMILES string of the molecule is COc1ccc(C(=O)COC(=O)c2nn(C)c(=O)c3ccccc23)cc1F. The van der Waals surface area contributed by atoms with E-state index in [1.165, 1.54) is 26.3 Å². The summed E-state index contributed by atoms with van der Waals surface area (Å²) in [7, 11) is 2.73. The highest BCUT2D eigenvalue weighted by atomic mass is 19.1. The molecule has 3 aromatic rings. The summed E-state index contributed by atoms with van der Waals surface area (Å²) in [6.07, 6.45) is 0. The van der Waals surface area contributed by atoms with Crippen LogP contribution in [0.2, 0.25) is 0 Å². The molecule has 0 aliphatic heterocycles. The average Bonchev–Trinajstić information content (AvgIpc) is 2.68. The third-order valence-electron chi connectivity index (χ3n) is 3.96. The number of hydrogen-bond acceptors (Lipinski definition) is 6. The van der Waals surface area contributed by atoms with E-state index < -0.39 is 24.2 Å². The Kier molecular flexibility index (Phi) is 4.98. The van der Waals surface area contributed by atoms with Gasteiger partial charge in [-0.3, -0.25) is 9.59 Å². The highest BCUT2D eigenvalue weighted by Gasteiger charge is 2.19. The summed E-state index contributed by atoms with van der Waals surface area (Å²) in [5, 5.41) is 4.57. The van der Waals surface area contributed by atoms with Crippen LogP contribution in [0.15, 0.2) is 47.3 Å². The summed E-state index contributed by atoms with van der Waals surface area (Å²) < 4.78 is 24.5. The fourth-order valence-corrected chi connectivity index (χ4v) is 2.57. The molecule has 0 aliphatic carbocycles. The molecule has 27 heavy (non-hydrogen) atoms. The first kappa shape index (κ1) is 18.2. The first-order chi connectivity index (χ1) is 12.9. The summed E-state index contributed by atoms with van der Waals surface area (Å²) in [5.74, 6) is -2.13. The van der Waals surface area contributed by atoms with Crippen molar-refractivity contribution in [3.63, 3.8) is 0 Å². The Labute approximate surface area is 152 Å². The molecule has 0 radical (unpaired) electrons. The number of halogens is 1. The van der Waals surface area contributed by atoms with Gasteiger partial charge in [0, 0.05) is 18.0 Å². The maximum Gasteiger partial charge on any atom is 0.359 e. The van der Waals surface area contributed by atoms with Gasteiger partial charge in [0.05, 0.1) is 12.5 Å². The van der Waals surface area contributed by atoms with E-state index in [9.17, 15) is 18.8 Å². The Balaban J connectivity index is 1.81. The Bertz CT molecular complexity index is 1110. The van der Waals surface area contributed by atoms with Crippen LogP contribution in [-0.4, -0.2) is 35.2 Å². The second-order valence-electron chi connectivity index (χ2n) is 5.67. The molecular weight excluding hydrogens is 355 g/mol. The highest BCUT2D eigenvalue weighted by molar-refractivity contribution is 6.04. The van der Waals surface area contributed by atoms with Crippen LogP contribution in [0.4, 0.5) is 4.39 Å². The number of esters is 1. The number of hydrogen-bond donors (Lipinski definition) is 0. The maximum atomic E-state index is 13.7. The average molecular weight is 370 g/mol. The summed E-state index contributed by atoms with van der Waals surface area (Å²) >= 11 is 0. The summed E-state index contributed by atoms with van der Waals surface area (Å²) in [6, 6.07) is 10.2. The highest BCUT2D eigenvalue weighted by Crippen LogP contribution is 2.18. The second-order valence-corrected chi connectivity index (χ2v) is 5.67. The van der Waals surface area contributed by atoms with E-state index in [-0.39, 0.29) is 22.6 Å². The normalized spacial score (nSPS) is 10.6. The molecular formula is C19H15FN2O5. The van der Waals surface area contributed by atoms with E-state index in [0.29, 0.717) is 10.8 Å². The van der Waals surface area contributed by atoms with Crippen molar-refractivity contribution in [3.8, 4) is 5.75 Å². The molecule has 0 N–H and O–H groups in total. The van der Waals surface area contributed by atoms with Crippen LogP contribution in [0.3, 0.4) is 0 Å². The van der Waals surface area contributed by atoms with Crippen molar-refractivity contribution in [2.75, 3.05) is 13.7 Å². The summed E-state index contributed by atoms with van der Waals surface area (Å²) in [4.78, 5) is 36.6. The fourth-order valence-electron chi connectivity index (χ4n) is 2.57. The predicted octanol–water partition coefficient (Wildman–Crippen LogP) is 2.12. The molecule has 0 amide bonds. The topological polar surface area (TPSA) is 87.5 Å². The Hall–Kier alpha value is -3.55. The van der Waals surface area contributed by atoms with Crippen LogP contribution in [0, 0.1) is 5.82 Å². The number of Topliss-reactive ketones (excluding diaryl/α,β-unsaturated/α-hetero) is 1. The van der Waals surface area contributed by atoms with Crippen molar-refractivity contribution in [1.29, 1.82) is 0 Å². The van der Waals surface area contributed by atoms with Crippen molar-refractivity contribution in [1.82, 2.24) is 9.78 Å². The van der Waals surface area contributed by atoms with Gasteiger partial charge in [-0.05, 0) is 24.3 Å². The number of aromatic nitrogens is 2. The standard InChI is InChI=1S/C19H15FN2O5/c1-22-18(24)13-6-4-3-5-12(13)17(21-22)19(25)27-10-15(23)11-7-8-16(26-2)14(20)9-11/h3-9H,10H2,1-2H3. The van der Waals surface area contributed by atoms with E-state index in [0.717, 1.165) is 10.7 Å². The van der Waals surface area contributed by atoms with Crippen LogP contribution < -0.4 is 10.3 Å². The van der Waals surface area contributed by atoms with Gasteiger partial charge < -0.3 is 9.47 Å². The number of nitrogens with zero attached hydrogens (tertiary/aromatic N) is 2. The minimum Gasteiger partial charge on any atom is -0.494 e. The van der Waals surface area contributed by atoms with Crippen LogP contribution >= 0.6 is 0 Å².